The average Bonchev–Trinajstić information content (AvgIpc) is 2.53. The van der Waals surface area contributed by atoms with Gasteiger partial charge in [-0.3, -0.25) is 4.79 Å². The molecule has 1 fully saturated rings. The Morgan fingerprint density at radius 2 is 1.95 bits per heavy atom. The van der Waals surface area contributed by atoms with Crippen molar-refractivity contribution in [2.75, 3.05) is 26.3 Å². The van der Waals surface area contributed by atoms with Crippen molar-refractivity contribution in [1.29, 1.82) is 0 Å². The Morgan fingerprint density at radius 1 is 1.19 bits per heavy atom. The van der Waals surface area contributed by atoms with E-state index in [-0.39, 0.29) is 25.7 Å². The minimum Gasteiger partial charge on any atom is -0.485 e. The summed E-state index contributed by atoms with van der Waals surface area (Å²) in [6, 6.07) is 7.12. The van der Waals surface area contributed by atoms with Crippen molar-refractivity contribution in [3.63, 3.8) is 0 Å². The SMILES string of the molecule is O=C(O)[C@H]1CN(C(=O)[C@H]2COc3ccccc3O2)CCO1. The minimum absolute atomic E-state index is 0.0235. The van der Waals surface area contributed by atoms with Gasteiger partial charge in [-0.15, -0.1) is 0 Å². The Balaban J connectivity index is 1.67. The van der Waals surface area contributed by atoms with Gasteiger partial charge in [0.15, 0.2) is 17.6 Å². The summed E-state index contributed by atoms with van der Waals surface area (Å²) >= 11 is 0. The van der Waals surface area contributed by atoms with Crippen LogP contribution in [0.15, 0.2) is 24.3 Å². The molecule has 0 unspecified atom stereocenters. The molecule has 112 valence electrons. The molecule has 1 N–H and O–H groups in total. The molecular weight excluding hydrogens is 278 g/mol. The number of benzene rings is 1. The number of hydrogen-bond donors (Lipinski definition) is 1. The first-order valence-corrected chi connectivity index (χ1v) is 6.67. The lowest BCUT2D eigenvalue weighted by Crippen LogP contribution is -2.54. The lowest BCUT2D eigenvalue weighted by Gasteiger charge is -2.34. The van der Waals surface area contributed by atoms with E-state index >= 15 is 0 Å². The van der Waals surface area contributed by atoms with E-state index < -0.39 is 18.2 Å². The van der Waals surface area contributed by atoms with Crippen LogP contribution >= 0.6 is 0 Å². The number of hydrogen-bond acceptors (Lipinski definition) is 5. The van der Waals surface area contributed by atoms with E-state index in [1.54, 1.807) is 18.2 Å². The Morgan fingerprint density at radius 3 is 2.71 bits per heavy atom. The molecule has 2 heterocycles. The van der Waals surface area contributed by atoms with Crippen LogP contribution in [0.3, 0.4) is 0 Å². The Hall–Kier alpha value is -2.28. The van der Waals surface area contributed by atoms with Gasteiger partial charge in [-0.25, -0.2) is 4.79 Å². The molecule has 7 heteroatoms. The van der Waals surface area contributed by atoms with Gasteiger partial charge in [-0.2, -0.15) is 0 Å². The third kappa shape index (κ3) is 2.78. The molecule has 1 amide bonds. The van der Waals surface area contributed by atoms with Crippen molar-refractivity contribution < 1.29 is 28.9 Å². The van der Waals surface area contributed by atoms with Gasteiger partial charge in [0, 0.05) is 6.54 Å². The molecule has 2 atom stereocenters. The second-order valence-electron chi connectivity index (χ2n) is 4.85. The lowest BCUT2D eigenvalue weighted by atomic mass is 10.2. The van der Waals surface area contributed by atoms with Gasteiger partial charge < -0.3 is 24.2 Å². The molecule has 2 aliphatic heterocycles. The summed E-state index contributed by atoms with van der Waals surface area (Å²) in [4.78, 5) is 24.8. The summed E-state index contributed by atoms with van der Waals surface area (Å²) in [5.41, 5.74) is 0. The second kappa shape index (κ2) is 5.61. The number of aliphatic carboxylic acids is 1. The topological polar surface area (TPSA) is 85.3 Å². The van der Waals surface area contributed by atoms with Crippen LogP contribution < -0.4 is 9.47 Å². The van der Waals surface area contributed by atoms with Crippen molar-refractivity contribution in [3.05, 3.63) is 24.3 Å². The molecule has 0 aliphatic carbocycles. The molecular formula is C14H15NO6. The number of carbonyl (C=O) groups is 2. The summed E-state index contributed by atoms with van der Waals surface area (Å²) in [6.07, 6.45) is -1.74. The largest absolute Gasteiger partial charge is 0.485 e. The standard InChI is InChI=1S/C14H15NO6/c16-13(15-5-6-19-11(7-15)14(17)18)12-8-20-9-3-1-2-4-10(9)21-12/h1-4,11-12H,5-8H2,(H,17,18)/t11-,12-/m1/s1. The number of para-hydroxylation sites is 2. The molecule has 0 saturated carbocycles. The monoisotopic (exact) mass is 293 g/mol. The Kier molecular flexibility index (Phi) is 3.66. The Labute approximate surface area is 121 Å². The highest BCUT2D eigenvalue weighted by Crippen LogP contribution is 2.31. The number of morpholine rings is 1. The first-order valence-electron chi connectivity index (χ1n) is 6.67. The fourth-order valence-electron chi connectivity index (χ4n) is 2.34. The van der Waals surface area contributed by atoms with Crippen LogP contribution in [-0.2, 0) is 14.3 Å². The van der Waals surface area contributed by atoms with E-state index in [9.17, 15) is 9.59 Å². The molecule has 0 spiro atoms. The average molecular weight is 293 g/mol. The van der Waals surface area contributed by atoms with E-state index in [0.29, 0.717) is 18.0 Å². The predicted molar refractivity (Wildman–Crippen MR) is 70.3 cm³/mol. The van der Waals surface area contributed by atoms with Gasteiger partial charge >= 0.3 is 5.97 Å². The van der Waals surface area contributed by atoms with Gasteiger partial charge in [0.05, 0.1) is 13.2 Å². The first-order chi connectivity index (χ1) is 10.1. The van der Waals surface area contributed by atoms with Gasteiger partial charge in [0.2, 0.25) is 6.10 Å². The quantitative estimate of drug-likeness (QED) is 0.835. The summed E-state index contributed by atoms with van der Waals surface area (Å²) in [6.45, 7) is 0.692. The number of carbonyl (C=O) groups excluding carboxylic acids is 1. The van der Waals surface area contributed by atoms with E-state index in [1.165, 1.54) is 4.90 Å². The fourth-order valence-corrected chi connectivity index (χ4v) is 2.34. The highest BCUT2D eigenvalue weighted by Gasteiger charge is 2.35. The van der Waals surface area contributed by atoms with E-state index in [2.05, 4.69) is 0 Å². The fraction of sp³-hybridized carbons (Fsp3) is 0.429. The zero-order chi connectivity index (χ0) is 14.8. The number of fused-ring (bicyclic) bond motifs is 1. The molecule has 0 radical (unpaired) electrons. The maximum Gasteiger partial charge on any atom is 0.334 e. The van der Waals surface area contributed by atoms with Crippen molar-refractivity contribution >= 4 is 11.9 Å². The summed E-state index contributed by atoms with van der Waals surface area (Å²) in [5.74, 6) is -0.227. The molecule has 0 aromatic heterocycles. The molecule has 1 aromatic rings. The lowest BCUT2D eigenvalue weighted by molar-refractivity contribution is -0.162. The number of carboxylic acids is 1. The molecule has 3 rings (SSSR count). The molecule has 1 saturated heterocycles. The summed E-state index contributed by atoms with van der Waals surface area (Å²) in [7, 11) is 0. The highest BCUT2D eigenvalue weighted by molar-refractivity contribution is 5.83. The smallest absolute Gasteiger partial charge is 0.334 e. The Bertz CT molecular complexity index is 560. The number of amides is 1. The molecule has 1 aromatic carbocycles. The van der Waals surface area contributed by atoms with E-state index in [4.69, 9.17) is 19.3 Å². The van der Waals surface area contributed by atoms with Crippen molar-refractivity contribution in [1.82, 2.24) is 4.90 Å². The van der Waals surface area contributed by atoms with Crippen LogP contribution in [0.2, 0.25) is 0 Å². The molecule has 2 aliphatic rings. The minimum atomic E-state index is -1.07. The molecule has 7 nitrogen and oxygen atoms in total. The number of nitrogens with zero attached hydrogens (tertiary/aromatic N) is 1. The molecule has 0 bridgehead atoms. The zero-order valence-corrected chi connectivity index (χ0v) is 11.2. The maximum atomic E-state index is 12.4. The van der Waals surface area contributed by atoms with Crippen molar-refractivity contribution in [3.8, 4) is 11.5 Å². The summed E-state index contributed by atoms with van der Waals surface area (Å²) in [5, 5.41) is 8.96. The van der Waals surface area contributed by atoms with Crippen LogP contribution in [0.1, 0.15) is 0 Å². The van der Waals surface area contributed by atoms with Gasteiger partial charge in [-0.1, -0.05) is 12.1 Å². The predicted octanol–water partition coefficient (Wildman–Crippen LogP) is 0.138. The van der Waals surface area contributed by atoms with Crippen molar-refractivity contribution in [2.45, 2.75) is 12.2 Å². The van der Waals surface area contributed by atoms with E-state index in [1.807, 2.05) is 6.07 Å². The maximum absolute atomic E-state index is 12.4. The third-order valence-electron chi connectivity index (χ3n) is 3.44. The molecule has 21 heavy (non-hydrogen) atoms. The number of carboxylic acid groups (broad SMARTS) is 1. The van der Waals surface area contributed by atoms with Crippen LogP contribution in [0.5, 0.6) is 11.5 Å². The second-order valence-corrected chi connectivity index (χ2v) is 4.85. The van der Waals surface area contributed by atoms with Crippen molar-refractivity contribution in [2.24, 2.45) is 0 Å². The van der Waals surface area contributed by atoms with Crippen LogP contribution in [-0.4, -0.2) is 60.4 Å². The number of rotatable bonds is 2. The number of ether oxygens (including phenoxy) is 3. The van der Waals surface area contributed by atoms with E-state index in [0.717, 1.165) is 0 Å². The van der Waals surface area contributed by atoms with Crippen LogP contribution in [0.25, 0.3) is 0 Å². The van der Waals surface area contributed by atoms with Gasteiger partial charge in [-0.05, 0) is 12.1 Å². The normalized spacial score (nSPS) is 24.5. The zero-order valence-electron chi connectivity index (χ0n) is 11.2. The highest BCUT2D eigenvalue weighted by atomic mass is 16.6. The summed E-state index contributed by atoms with van der Waals surface area (Å²) < 4.78 is 16.2. The third-order valence-corrected chi connectivity index (χ3v) is 3.44. The first kappa shape index (κ1) is 13.7. The van der Waals surface area contributed by atoms with Crippen LogP contribution in [0, 0.1) is 0 Å². The van der Waals surface area contributed by atoms with Crippen LogP contribution in [0.4, 0.5) is 0 Å². The van der Waals surface area contributed by atoms with Gasteiger partial charge in [0.25, 0.3) is 5.91 Å². The van der Waals surface area contributed by atoms with Gasteiger partial charge in [0.1, 0.15) is 6.61 Å².